The fourth-order valence-electron chi connectivity index (χ4n) is 1.26. The van der Waals surface area contributed by atoms with Crippen molar-refractivity contribution in [3.8, 4) is 0 Å². The van der Waals surface area contributed by atoms with Gasteiger partial charge in [-0.15, -0.1) is 11.8 Å². The van der Waals surface area contributed by atoms with Crippen LogP contribution < -0.4 is 0 Å². The van der Waals surface area contributed by atoms with Crippen molar-refractivity contribution in [1.29, 1.82) is 0 Å². The first-order valence-corrected chi connectivity index (χ1v) is 5.94. The van der Waals surface area contributed by atoms with E-state index in [1.165, 1.54) is 17.8 Å². The largest absolute Gasteiger partial charge is 0.383 e. The van der Waals surface area contributed by atoms with Crippen molar-refractivity contribution < 1.29 is 4.92 Å². The summed E-state index contributed by atoms with van der Waals surface area (Å²) in [5.74, 6) is 0. The molecule has 0 spiro atoms. The molecule has 0 radical (unpaired) electrons. The average molecular weight is 238 g/mol. The van der Waals surface area contributed by atoms with Crippen LogP contribution in [0.5, 0.6) is 0 Å². The summed E-state index contributed by atoms with van der Waals surface area (Å²) in [4.78, 5) is 13.3. The maximum atomic E-state index is 10.9. The number of nitro benzene ring substituents is 1. The van der Waals surface area contributed by atoms with Gasteiger partial charge in [-0.1, -0.05) is 6.07 Å². The van der Waals surface area contributed by atoms with Gasteiger partial charge in [0.2, 0.25) is 0 Å². The Morgan fingerprint density at radius 1 is 1.44 bits per heavy atom. The van der Waals surface area contributed by atoms with Gasteiger partial charge in [-0.05, 0) is 24.6 Å². The molecule has 4 nitrogen and oxygen atoms in total. The fourth-order valence-corrected chi connectivity index (χ4v) is 1.87. The van der Waals surface area contributed by atoms with Crippen LogP contribution in [0.25, 0.3) is 6.08 Å². The first kappa shape index (κ1) is 12.6. The zero-order valence-corrected chi connectivity index (χ0v) is 10.3. The molecule has 1 rings (SSSR count). The van der Waals surface area contributed by atoms with Gasteiger partial charge in [0.25, 0.3) is 5.69 Å². The Kier molecular flexibility index (Phi) is 4.37. The van der Waals surface area contributed by atoms with Crippen LogP contribution in [0, 0.1) is 10.1 Å². The highest BCUT2D eigenvalue weighted by Gasteiger charge is 2.14. The molecule has 0 saturated heterocycles. The van der Waals surface area contributed by atoms with Crippen molar-refractivity contribution in [3.05, 3.63) is 40.1 Å². The third-order valence-electron chi connectivity index (χ3n) is 2.00. The molecular formula is C11H14N2O2S. The molecular weight excluding hydrogens is 224 g/mol. The quantitative estimate of drug-likeness (QED) is 0.459. The van der Waals surface area contributed by atoms with Crippen LogP contribution in [0.15, 0.2) is 29.3 Å². The lowest BCUT2D eigenvalue weighted by Crippen LogP contribution is -2.00. The third-order valence-corrected chi connectivity index (χ3v) is 2.79. The number of hydrogen-bond acceptors (Lipinski definition) is 4. The van der Waals surface area contributed by atoms with Crippen LogP contribution in [0.3, 0.4) is 0 Å². The molecule has 0 aliphatic rings. The van der Waals surface area contributed by atoms with Crippen molar-refractivity contribution >= 4 is 23.5 Å². The summed E-state index contributed by atoms with van der Waals surface area (Å²) in [7, 11) is 3.76. The number of benzene rings is 1. The van der Waals surface area contributed by atoms with Crippen LogP contribution >= 0.6 is 11.8 Å². The Morgan fingerprint density at radius 2 is 2.12 bits per heavy atom. The summed E-state index contributed by atoms with van der Waals surface area (Å²) in [6, 6.07) is 5.11. The Balaban J connectivity index is 3.25. The number of hydrogen-bond donors (Lipinski definition) is 0. The van der Waals surface area contributed by atoms with Crippen LogP contribution in [0.2, 0.25) is 0 Å². The summed E-state index contributed by atoms with van der Waals surface area (Å²) >= 11 is 1.50. The molecule has 5 heteroatoms. The summed E-state index contributed by atoms with van der Waals surface area (Å²) in [6.07, 6.45) is 5.48. The van der Waals surface area contributed by atoms with Crippen molar-refractivity contribution in [2.24, 2.45) is 0 Å². The molecule has 1 aromatic rings. The van der Waals surface area contributed by atoms with E-state index in [1.54, 1.807) is 12.1 Å². The summed E-state index contributed by atoms with van der Waals surface area (Å²) < 4.78 is 0. The SMILES string of the molecule is CSc1cccc([N+](=O)[O-])c1/C=C/N(C)C. The van der Waals surface area contributed by atoms with Gasteiger partial charge in [0.1, 0.15) is 0 Å². The fraction of sp³-hybridized carbons (Fsp3) is 0.273. The second-order valence-corrected chi connectivity index (χ2v) is 4.28. The normalized spacial score (nSPS) is 10.7. The number of nitro groups is 1. The molecule has 0 fully saturated rings. The minimum absolute atomic E-state index is 0.143. The second kappa shape index (κ2) is 5.55. The zero-order chi connectivity index (χ0) is 12.1. The molecule has 0 unspecified atom stereocenters. The van der Waals surface area contributed by atoms with E-state index in [-0.39, 0.29) is 10.6 Å². The van der Waals surface area contributed by atoms with Gasteiger partial charge in [0.15, 0.2) is 0 Å². The van der Waals surface area contributed by atoms with Gasteiger partial charge >= 0.3 is 0 Å². The van der Waals surface area contributed by atoms with E-state index >= 15 is 0 Å². The standard InChI is InChI=1S/C11H14N2O2S/c1-12(2)8-7-9-10(13(14)15)5-4-6-11(9)16-3/h4-8H,1-3H3/b8-7+. The smallest absolute Gasteiger partial charge is 0.277 e. The molecule has 1 aromatic carbocycles. The summed E-state index contributed by atoms with van der Waals surface area (Å²) in [5.41, 5.74) is 0.804. The van der Waals surface area contributed by atoms with Gasteiger partial charge < -0.3 is 4.90 Å². The number of thioether (sulfide) groups is 1. The topological polar surface area (TPSA) is 46.4 Å². The molecule has 0 aromatic heterocycles. The molecule has 0 N–H and O–H groups in total. The predicted molar refractivity (Wildman–Crippen MR) is 67.6 cm³/mol. The highest BCUT2D eigenvalue weighted by molar-refractivity contribution is 7.98. The Labute approximate surface area is 99.1 Å². The predicted octanol–water partition coefficient (Wildman–Crippen LogP) is 2.85. The van der Waals surface area contributed by atoms with Crippen LogP contribution in [-0.4, -0.2) is 30.2 Å². The van der Waals surface area contributed by atoms with Crippen molar-refractivity contribution in [3.63, 3.8) is 0 Å². The Bertz CT molecular complexity index is 416. The highest BCUT2D eigenvalue weighted by atomic mass is 32.2. The molecule has 0 heterocycles. The van der Waals surface area contributed by atoms with E-state index in [0.29, 0.717) is 5.56 Å². The van der Waals surface area contributed by atoms with E-state index in [1.807, 2.05) is 37.5 Å². The Morgan fingerprint density at radius 3 is 2.62 bits per heavy atom. The van der Waals surface area contributed by atoms with Crippen molar-refractivity contribution in [2.75, 3.05) is 20.4 Å². The molecule has 0 atom stereocenters. The van der Waals surface area contributed by atoms with E-state index in [9.17, 15) is 10.1 Å². The summed E-state index contributed by atoms with van der Waals surface area (Å²) in [5, 5.41) is 10.9. The van der Waals surface area contributed by atoms with Gasteiger partial charge in [-0.2, -0.15) is 0 Å². The van der Waals surface area contributed by atoms with Crippen molar-refractivity contribution in [2.45, 2.75) is 4.90 Å². The molecule has 0 aliphatic heterocycles. The molecule has 86 valence electrons. The molecule has 0 saturated carbocycles. The van der Waals surface area contributed by atoms with Crippen LogP contribution in [0.1, 0.15) is 5.56 Å². The maximum absolute atomic E-state index is 10.9. The number of rotatable bonds is 4. The molecule has 0 amide bonds. The number of nitrogens with zero attached hydrogens (tertiary/aromatic N) is 2. The summed E-state index contributed by atoms with van der Waals surface area (Å²) in [6.45, 7) is 0. The average Bonchev–Trinajstić information content (AvgIpc) is 2.25. The third kappa shape index (κ3) is 3.00. The van der Waals surface area contributed by atoms with Gasteiger partial charge in [-0.25, -0.2) is 0 Å². The van der Waals surface area contributed by atoms with Gasteiger partial charge in [-0.3, -0.25) is 10.1 Å². The first-order chi connectivity index (χ1) is 7.56. The molecule has 16 heavy (non-hydrogen) atoms. The van der Waals surface area contributed by atoms with Gasteiger partial charge in [0.05, 0.1) is 10.5 Å². The Hall–Kier alpha value is -1.49. The van der Waals surface area contributed by atoms with Crippen LogP contribution in [0.4, 0.5) is 5.69 Å². The minimum Gasteiger partial charge on any atom is -0.383 e. The lowest BCUT2D eigenvalue weighted by Gasteiger charge is -2.06. The van der Waals surface area contributed by atoms with E-state index < -0.39 is 0 Å². The maximum Gasteiger partial charge on any atom is 0.277 e. The van der Waals surface area contributed by atoms with Gasteiger partial charge in [0, 0.05) is 25.1 Å². The molecule has 0 aliphatic carbocycles. The monoisotopic (exact) mass is 238 g/mol. The lowest BCUT2D eigenvalue weighted by atomic mass is 10.2. The van der Waals surface area contributed by atoms with E-state index in [4.69, 9.17) is 0 Å². The van der Waals surface area contributed by atoms with Crippen molar-refractivity contribution in [1.82, 2.24) is 4.90 Å². The highest BCUT2D eigenvalue weighted by Crippen LogP contribution is 2.29. The lowest BCUT2D eigenvalue weighted by molar-refractivity contribution is -0.385. The van der Waals surface area contributed by atoms with E-state index in [0.717, 1.165) is 4.90 Å². The van der Waals surface area contributed by atoms with Crippen LogP contribution in [-0.2, 0) is 0 Å². The first-order valence-electron chi connectivity index (χ1n) is 4.72. The zero-order valence-electron chi connectivity index (χ0n) is 9.51. The van der Waals surface area contributed by atoms with E-state index in [2.05, 4.69) is 0 Å². The minimum atomic E-state index is -0.352. The second-order valence-electron chi connectivity index (χ2n) is 3.43. The molecule has 0 bridgehead atoms.